The van der Waals surface area contributed by atoms with Gasteiger partial charge in [-0.25, -0.2) is 5.43 Å². The van der Waals surface area contributed by atoms with Gasteiger partial charge in [0.1, 0.15) is 5.75 Å². The summed E-state index contributed by atoms with van der Waals surface area (Å²) in [5, 5.41) is 10.8. The number of aryl methyl sites for hydroxylation is 1. The molecule has 1 aromatic carbocycles. The van der Waals surface area contributed by atoms with E-state index in [1.165, 1.54) is 6.21 Å². The van der Waals surface area contributed by atoms with Crippen LogP contribution in [0.25, 0.3) is 0 Å². The minimum atomic E-state index is -0.384. The van der Waals surface area contributed by atoms with E-state index in [0.29, 0.717) is 10.8 Å². The van der Waals surface area contributed by atoms with Crippen LogP contribution in [0.1, 0.15) is 21.7 Å². The Kier molecular flexibility index (Phi) is 4.37. The normalized spacial score (nSPS) is 10.8. The Morgan fingerprint density at radius 1 is 1.50 bits per heavy atom. The van der Waals surface area contributed by atoms with Crippen LogP contribution >= 0.6 is 11.6 Å². The standard InChI is InChI=1S/C13H13ClN4O2/c1-8-5-11(17-16-8)13(19)18-15-7-9-3-4-12(20-2)10(14)6-9/h3-7H,1-2H3,(H,16,17)(H,18,19)/b15-7-. The van der Waals surface area contributed by atoms with Crippen LogP contribution in [0.3, 0.4) is 0 Å². The van der Waals surface area contributed by atoms with Gasteiger partial charge in [0.2, 0.25) is 0 Å². The Bertz CT molecular complexity index is 652. The first-order valence-electron chi connectivity index (χ1n) is 5.79. The lowest BCUT2D eigenvalue weighted by atomic mass is 10.2. The Morgan fingerprint density at radius 3 is 2.90 bits per heavy atom. The van der Waals surface area contributed by atoms with Crippen LogP contribution < -0.4 is 10.2 Å². The maximum Gasteiger partial charge on any atom is 0.291 e. The molecule has 7 heteroatoms. The number of hydrazone groups is 1. The van der Waals surface area contributed by atoms with E-state index in [9.17, 15) is 4.79 Å². The maximum absolute atomic E-state index is 11.7. The number of nitrogens with one attached hydrogen (secondary N) is 2. The van der Waals surface area contributed by atoms with Crippen molar-refractivity contribution >= 4 is 23.7 Å². The molecule has 104 valence electrons. The summed E-state index contributed by atoms with van der Waals surface area (Å²) in [6, 6.07) is 6.82. The van der Waals surface area contributed by atoms with Crippen LogP contribution in [0.2, 0.25) is 5.02 Å². The molecule has 1 aromatic heterocycles. The second-order valence-corrected chi connectivity index (χ2v) is 4.44. The quantitative estimate of drug-likeness (QED) is 0.669. The zero-order valence-corrected chi connectivity index (χ0v) is 11.7. The number of carbonyl (C=O) groups excluding carboxylic acids is 1. The maximum atomic E-state index is 11.7. The van der Waals surface area contributed by atoms with Gasteiger partial charge in [-0.15, -0.1) is 0 Å². The van der Waals surface area contributed by atoms with Crippen LogP contribution in [0.4, 0.5) is 0 Å². The third-order valence-corrected chi connectivity index (χ3v) is 2.79. The van der Waals surface area contributed by atoms with Crippen molar-refractivity contribution in [2.24, 2.45) is 5.10 Å². The van der Waals surface area contributed by atoms with E-state index in [-0.39, 0.29) is 11.6 Å². The number of halogens is 1. The lowest BCUT2D eigenvalue weighted by Gasteiger charge is -2.02. The van der Waals surface area contributed by atoms with Crippen LogP contribution in [0.5, 0.6) is 5.75 Å². The van der Waals surface area contributed by atoms with E-state index >= 15 is 0 Å². The van der Waals surface area contributed by atoms with Gasteiger partial charge < -0.3 is 4.74 Å². The molecule has 0 atom stereocenters. The summed E-state index contributed by atoms with van der Waals surface area (Å²) in [5.74, 6) is 0.199. The summed E-state index contributed by atoms with van der Waals surface area (Å²) in [7, 11) is 1.54. The number of nitrogens with zero attached hydrogens (tertiary/aromatic N) is 2. The molecule has 6 nitrogen and oxygen atoms in total. The molecule has 0 radical (unpaired) electrons. The largest absolute Gasteiger partial charge is 0.495 e. The van der Waals surface area contributed by atoms with Gasteiger partial charge in [-0.2, -0.15) is 10.2 Å². The van der Waals surface area contributed by atoms with Crippen LogP contribution in [0, 0.1) is 6.92 Å². The molecule has 1 amide bonds. The zero-order chi connectivity index (χ0) is 14.5. The average molecular weight is 293 g/mol. The van der Waals surface area contributed by atoms with Crippen molar-refractivity contribution in [1.29, 1.82) is 0 Å². The molecule has 2 rings (SSSR count). The lowest BCUT2D eigenvalue weighted by Crippen LogP contribution is -2.18. The first-order chi connectivity index (χ1) is 9.60. The number of amides is 1. The third kappa shape index (κ3) is 3.36. The molecule has 0 aliphatic carbocycles. The predicted octanol–water partition coefficient (Wildman–Crippen LogP) is 2.14. The molecule has 0 aliphatic heterocycles. The molecular formula is C13H13ClN4O2. The molecule has 0 fully saturated rings. The first kappa shape index (κ1) is 14.1. The molecule has 0 saturated carbocycles. The van der Waals surface area contributed by atoms with Gasteiger partial charge in [0.05, 0.1) is 18.3 Å². The minimum Gasteiger partial charge on any atom is -0.495 e. The molecular weight excluding hydrogens is 280 g/mol. The van der Waals surface area contributed by atoms with Crippen LogP contribution in [-0.2, 0) is 0 Å². The van der Waals surface area contributed by atoms with Gasteiger partial charge in [0.25, 0.3) is 5.91 Å². The van der Waals surface area contributed by atoms with Crippen molar-refractivity contribution in [2.45, 2.75) is 6.92 Å². The molecule has 0 unspecified atom stereocenters. The third-order valence-electron chi connectivity index (χ3n) is 2.49. The highest BCUT2D eigenvalue weighted by Gasteiger charge is 2.07. The number of H-pyrrole nitrogens is 1. The molecule has 0 saturated heterocycles. The number of methoxy groups -OCH3 is 1. The van der Waals surface area contributed by atoms with Crippen molar-refractivity contribution in [2.75, 3.05) is 7.11 Å². The Labute approximate surface area is 120 Å². The molecule has 2 aromatic rings. The summed E-state index contributed by atoms with van der Waals surface area (Å²) in [6.45, 7) is 1.81. The van der Waals surface area contributed by atoms with E-state index in [4.69, 9.17) is 16.3 Å². The highest BCUT2D eigenvalue weighted by atomic mass is 35.5. The molecule has 0 aliphatic rings. The lowest BCUT2D eigenvalue weighted by molar-refractivity contribution is 0.0950. The van der Waals surface area contributed by atoms with Gasteiger partial charge in [-0.1, -0.05) is 11.6 Å². The van der Waals surface area contributed by atoms with Gasteiger partial charge in [0.15, 0.2) is 5.69 Å². The monoisotopic (exact) mass is 292 g/mol. The molecule has 20 heavy (non-hydrogen) atoms. The topological polar surface area (TPSA) is 79.4 Å². The van der Waals surface area contributed by atoms with Crippen LogP contribution in [0.15, 0.2) is 29.4 Å². The number of rotatable bonds is 4. The van der Waals surface area contributed by atoms with Crippen molar-refractivity contribution in [3.05, 3.63) is 46.2 Å². The summed E-state index contributed by atoms with van der Waals surface area (Å²) in [6.07, 6.45) is 1.49. The summed E-state index contributed by atoms with van der Waals surface area (Å²) in [5.41, 5.74) is 4.22. The number of aromatic amines is 1. The Hall–Kier alpha value is -2.34. The average Bonchev–Trinajstić information content (AvgIpc) is 2.85. The zero-order valence-electron chi connectivity index (χ0n) is 11.0. The molecule has 2 N–H and O–H groups in total. The second kappa shape index (κ2) is 6.21. The van der Waals surface area contributed by atoms with Gasteiger partial charge in [-0.3, -0.25) is 9.89 Å². The van der Waals surface area contributed by atoms with E-state index in [2.05, 4.69) is 20.7 Å². The second-order valence-electron chi connectivity index (χ2n) is 4.03. The van der Waals surface area contributed by atoms with Crippen LogP contribution in [-0.4, -0.2) is 29.4 Å². The minimum absolute atomic E-state index is 0.285. The Balaban J connectivity index is 2.00. The van der Waals surface area contributed by atoms with E-state index in [1.54, 1.807) is 31.4 Å². The van der Waals surface area contributed by atoms with E-state index < -0.39 is 0 Å². The highest BCUT2D eigenvalue weighted by Crippen LogP contribution is 2.24. The van der Waals surface area contributed by atoms with E-state index in [0.717, 1.165) is 11.3 Å². The van der Waals surface area contributed by atoms with Crippen molar-refractivity contribution in [1.82, 2.24) is 15.6 Å². The summed E-state index contributed by atoms with van der Waals surface area (Å²) >= 11 is 5.98. The SMILES string of the molecule is COc1ccc(/C=N\NC(=O)c2cc(C)[nH]n2)cc1Cl. The summed E-state index contributed by atoms with van der Waals surface area (Å²) in [4.78, 5) is 11.7. The smallest absolute Gasteiger partial charge is 0.291 e. The number of aromatic nitrogens is 2. The van der Waals surface area contributed by atoms with Gasteiger partial charge >= 0.3 is 0 Å². The van der Waals surface area contributed by atoms with Crippen molar-refractivity contribution in [3.8, 4) is 5.75 Å². The fraction of sp³-hybridized carbons (Fsp3) is 0.154. The number of benzene rings is 1. The van der Waals surface area contributed by atoms with Crippen molar-refractivity contribution in [3.63, 3.8) is 0 Å². The number of ether oxygens (including phenoxy) is 1. The number of hydrogen-bond donors (Lipinski definition) is 2. The first-order valence-corrected chi connectivity index (χ1v) is 6.17. The number of hydrogen-bond acceptors (Lipinski definition) is 4. The Morgan fingerprint density at radius 2 is 2.30 bits per heavy atom. The van der Waals surface area contributed by atoms with Gasteiger partial charge in [-0.05, 0) is 36.8 Å². The summed E-state index contributed by atoms with van der Waals surface area (Å²) < 4.78 is 5.04. The van der Waals surface area contributed by atoms with Gasteiger partial charge in [0, 0.05) is 5.69 Å². The molecule has 1 heterocycles. The fourth-order valence-corrected chi connectivity index (χ4v) is 1.79. The number of carbonyl (C=O) groups is 1. The fourth-order valence-electron chi connectivity index (χ4n) is 1.52. The predicted molar refractivity (Wildman–Crippen MR) is 76.4 cm³/mol. The molecule has 0 bridgehead atoms. The highest BCUT2D eigenvalue weighted by molar-refractivity contribution is 6.32. The molecule has 0 spiro atoms. The van der Waals surface area contributed by atoms with Crippen molar-refractivity contribution < 1.29 is 9.53 Å². The van der Waals surface area contributed by atoms with E-state index in [1.807, 2.05) is 6.92 Å².